The first-order chi connectivity index (χ1) is 10.9. The highest BCUT2D eigenvalue weighted by Crippen LogP contribution is 2.29. The third kappa shape index (κ3) is 5.92. The summed E-state index contributed by atoms with van der Waals surface area (Å²) in [6.45, 7) is 5.75. The average Bonchev–Trinajstić information content (AvgIpc) is 2.95. The van der Waals surface area contributed by atoms with Gasteiger partial charge in [0.2, 0.25) is 5.91 Å². The molecule has 2 rings (SSSR count). The van der Waals surface area contributed by atoms with Gasteiger partial charge in [-0.05, 0) is 19.1 Å². The first kappa shape index (κ1) is 17.9. The van der Waals surface area contributed by atoms with E-state index in [9.17, 15) is 13.6 Å². The lowest BCUT2D eigenvalue weighted by atomic mass is 10.3. The molecule has 2 aromatic rings. The fraction of sp³-hybridized carbons (Fsp3) is 0.214. The van der Waals surface area contributed by atoms with Crippen LogP contribution in [0.5, 0.6) is 0 Å². The van der Waals surface area contributed by atoms with Crippen molar-refractivity contribution in [2.45, 2.75) is 15.6 Å². The zero-order chi connectivity index (χ0) is 16.8. The minimum atomic E-state index is -1.00. The van der Waals surface area contributed by atoms with Crippen LogP contribution in [0.3, 0.4) is 0 Å². The highest BCUT2D eigenvalue weighted by Gasteiger charge is 2.10. The van der Waals surface area contributed by atoms with Crippen LogP contribution in [0.2, 0.25) is 0 Å². The highest BCUT2D eigenvalue weighted by atomic mass is 32.2. The summed E-state index contributed by atoms with van der Waals surface area (Å²) in [4.78, 5) is 11.8. The predicted octanol–water partition coefficient (Wildman–Crippen LogP) is 4.22. The van der Waals surface area contributed by atoms with Gasteiger partial charge in [-0.15, -0.1) is 10.2 Å². The molecule has 0 atom stereocenters. The number of carbonyl (C=O) groups is 1. The zero-order valence-electron chi connectivity index (χ0n) is 12.1. The Morgan fingerprint density at radius 2 is 1.87 bits per heavy atom. The van der Waals surface area contributed by atoms with Gasteiger partial charge in [-0.1, -0.05) is 47.0 Å². The monoisotopic (exact) mass is 373 g/mol. The van der Waals surface area contributed by atoms with Crippen molar-refractivity contribution in [2.75, 3.05) is 16.8 Å². The standard InChI is InChI=1S/C14H13F2N3OS3/c1-8(2)6-21-13-18-19-14(23-13)22-7-12(20)17-9-3-4-10(15)11(16)5-9/h3-5H,1,6-7H2,2H3,(H,17,20). The first-order valence-electron chi connectivity index (χ1n) is 6.42. The van der Waals surface area contributed by atoms with Crippen molar-refractivity contribution in [3.8, 4) is 0 Å². The van der Waals surface area contributed by atoms with Crippen LogP contribution in [0.15, 0.2) is 39.0 Å². The summed E-state index contributed by atoms with van der Waals surface area (Å²) in [6.07, 6.45) is 0. The van der Waals surface area contributed by atoms with Crippen LogP contribution in [0.1, 0.15) is 6.92 Å². The molecule has 1 N–H and O–H groups in total. The van der Waals surface area contributed by atoms with Crippen LogP contribution < -0.4 is 5.32 Å². The lowest BCUT2D eigenvalue weighted by Gasteiger charge is -2.04. The van der Waals surface area contributed by atoms with Crippen molar-refractivity contribution >= 4 is 46.5 Å². The van der Waals surface area contributed by atoms with E-state index < -0.39 is 11.6 Å². The Kier molecular flexibility index (Phi) is 6.55. The van der Waals surface area contributed by atoms with Gasteiger partial charge in [-0.25, -0.2) is 8.78 Å². The number of amides is 1. The maximum absolute atomic E-state index is 13.1. The summed E-state index contributed by atoms with van der Waals surface area (Å²) in [5.41, 5.74) is 1.26. The van der Waals surface area contributed by atoms with E-state index in [1.165, 1.54) is 29.2 Å². The molecule has 0 spiro atoms. The quantitative estimate of drug-likeness (QED) is 0.582. The Bertz CT molecular complexity index is 721. The number of thioether (sulfide) groups is 2. The zero-order valence-corrected chi connectivity index (χ0v) is 14.6. The molecule has 0 radical (unpaired) electrons. The predicted molar refractivity (Wildman–Crippen MR) is 91.2 cm³/mol. The van der Waals surface area contributed by atoms with E-state index in [-0.39, 0.29) is 17.3 Å². The lowest BCUT2D eigenvalue weighted by molar-refractivity contribution is -0.113. The normalized spacial score (nSPS) is 10.6. The summed E-state index contributed by atoms with van der Waals surface area (Å²) < 4.78 is 27.4. The fourth-order valence-electron chi connectivity index (χ4n) is 1.40. The van der Waals surface area contributed by atoms with E-state index in [1.54, 1.807) is 11.8 Å². The smallest absolute Gasteiger partial charge is 0.234 e. The SMILES string of the molecule is C=C(C)CSc1nnc(SCC(=O)Nc2ccc(F)c(F)c2)s1. The molecule has 0 aliphatic heterocycles. The maximum Gasteiger partial charge on any atom is 0.234 e. The second-order valence-electron chi connectivity index (χ2n) is 4.55. The number of anilines is 1. The molecule has 23 heavy (non-hydrogen) atoms. The van der Waals surface area contributed by atoms with Crippen molar-refractivity contribution in [1.29, 1.82) is 0 Å². The largest absolute Gasteiger partial charge is 0.325 e. The van der Waals surface area contributed by atoms with E-state index in [0.29, 0.717) is 4.34 Å². The molecular formula is C14H13F2N3OS3. The van der Waals surface area contributed by atoms with Gasteiger partial charge in [0.1, 0.15) is 0 Å². The number of hydrogen-bond acceptors (Lipinski definition) is 6. The van der Waals surface area contributed by atoms with Crippen LogP contribution in [0.4, 0.5) is 14.5 Å². The van der Waals surface area contributed by atoms with Crippen molar-refractivity contribution in [2.24, 2.45) is 0 Å². The van der Waals surface area contributed by atoms with Crippen molar-refractivity contribution in [1.82, 2.24) is 10.2 Å². The number of aromatic nitrogens is 2. The van der Waals surface area contributed by atoms with Gasteiger partial charge in [0.25, 0.3) is 0 Å². The Morgan fingerprint density at radius 1 is 1.22 bits per heavy atom. The van der Waals surface area contributed by atoms with Crippen molar-refractivity contribution in [3.63, 3.8) is 0 Å². The van der Waals surface area contributed by atoms with Crippen LogP contribution in [-0.2, 0) is 4.79 Å². The number of nitrogens with one attached hydrogen (secondary N) is 1. The number of halogens is 2. The van der Waals surface area contributed by atoms with Gasteiger partial charge in [0.15, 0.2) is 20.3 Å². The first-order valence-corrected chi connectivity index (χ1v) is 9.21. The molecule has 1 aromatic heterocycles. The lowest BCUT2D eigenvalue weighted by Crippen LogP contribution is -2.14. The summed E-state index contributed by atoms with van der Waals surface area (Å²) in [5.74, 6) is -1.40. The van der Waals surface area contributed by atoms with Crippen LogP contribution in [0, 0.1) is 11.6 Å². The van der Waals surface area contributed by atoms with Crippen LogP contribution in [0.25, 0.3) is 0 Å². The average molecular weight is 373 g/mol. The fourth-order valence-corrected chi connectivity index (χ4v) is 4.06. The second-order valence-corrected chi connectivity index (χ2v) is 7.97. The summed E-state index contributed by atoms with van der Waals surface area (Å²) in [5, 5.41) is 10.5. The van der Waals surface area contributed by atoms with Gasteiger partial charge in [0.05, 0.1) is 5.75 Å². The molecule has 122 valence electrons. The van der Waals surface area contributed by atoms with Gasteiger partial charge in [-0.3, -0.25) is 4.79 Å². The Morgan fingerprint density at radius 3 is 2.48 bits per heavy atom. The molecule has 1 aromatic carbocycles. The molecule has 0 saturated heterocycles. The molecule has 0 aliphatic rings. The Hall–Kier alpha value is -1.45. The molecule has 1 amide bonds. The number of nitrogens with zero attached hydrogens (tertiary/aromatic N) is 2. The van der Waals surface area contributed by atoms with E-state index in [2.05, 4.69) is 22.1 Å². The summed E-state index contributed by atoms with van der Waals surface area (Å²) >= 11 is 4.18. The molecule has 0 fully saturated rings. The molecule has 0 aliphatic carbocycles. The highest BCUT2D eigenvalue weighted by molar-refractivity contribution is 8.03. The van der Waals surface area contributed by atoms with Crippen LogP contribution in [-0.4, -0.2) is 27.6 Å². The second kappa shape index (κ2) is 8.42. The third-order valence-corrected chi connectivity index (χ3v) is 5.78. The number of hydrogen-bond donors (Lipinski definition) is 1. The number of rotatable bonds is 7. The van der Waals surface area contributed by atoms with Crippen molar-refractivity contribution < 1.29 is 13.6 Å². The molecule has 9 heteroatoms. The van der Waals surface area contributed by atoms with Gasteiger partial charge in [-0.2, -0.15) is 0 Å². The topological polar surface area (TPSA) is 54.9 Å². The summed E-state index contributed by atoms with van der Waals surface area (Å²) in [7, 11) is 0. The van der Waals surface area contributed by atoms with Crippen LogP contribution >= 0.6 is 34.9 Å². The maximum atomic E-state index is 13.1. The Labute approximate surface area is 144 Å². The number of benzene rings is 1. The molecule has 4 nitrogen and oxygen atoms in total. The third-order valence-electron chi connectivity index (χ3n) is 2.36. The van der Waals surface area contributed by atoms with E-state index in [0.717, 1.165) is 27.8 Å². The van der Waals surface area contributed by atoms with Gasteiger partial charge in [0, 0.05) is 17.5 Å². The number of carbonyl (C=O) groups excluding carboxylic acids is 1. The van der Waals surface area contributed by atoms with Gasteiger partial charge < -0.3 is 5.32 Å². The molecule has 0 saturated carbocycles. The van der Waals surface area contributed by atoms with E-state index in [4.69, 9.17) is 0 Å². The molecular weight excluding hydrogens is 360 g/mol. The molecule has 0 bridgehead atoms. The molecule has 0 unspecified atom stereocenters. The minimum absolute atomic E-state index is 0.110. The van der Waals surface area contributed by atoms with Gasteiger partial charge >= 0.3 is 0 Å². The minimum Gasteiger partial charge on any atom is -0.325 e. The van der Waals surface area contributed by atoms with Crippen molar-refractivity contribution in [3.05, 3.63) is 42.0 Å². The van der Waals surface area contributed by atoms with E-state index in [1.807, 2.05) is 6.92 Å². The molecule has 1 heterocycles. The van der Waals surface area contributed by atoms with E-state index >= 15 is 0 Å². The Balaban J connectivity index is 1.82. The summed E-state index contributed by atoms with van der Waals surface area (Å²) in [6, 6.07) is 3.21.